The van der Waals surface area contributed by atoms with Crippen molar-refractivity contribution in [2.45, 2.75) is 89.1 Å². The predicted molar refractivity (Wildman–Crippen MR) is 153 cm³/mol. The highest BCUT2D eigenvalue weighted by atomic mass is 16.5. The van der Waals surface area contributed by atoms with Crippen LogP contribution in [0, 0.1) is 18.8 Å². The minimum absolute atomic E-state index is 0.100. The SMILES string of the molecule is Cc1ccc(CN2C(=O)[C@H]3[C@@H](C(=O)Nc4ccc(C(C)C)cc4)[C@H]4C=C[C@@]3(O4)[C@@H]2C(=O)NC2CCCCC2)cc1. The van der Waals surface area contributed by atoms with Gasteiger partial charge < -0.3 is 20.3 Å². The third-order valence-corrected chi connectivity index (χ3v) is 9.19. The lowest BCUT2D eigenvalue weighted by molar-refractivity contribution is -0.142. The number of rotatable bonds is 7. The van der Waals surface area contributed by atoms with Crippen LogP contribution in [-0.4, -0.2) is 46.4 Å². The second-order valence-electron chi connectivity index (χ2n) is 12.3. The van der Waals surface area contributed by atoms with Crippen molar-refractivity contribution in [3.8, 4) is 0 Å². The molecule has 3 fully saturated rings. The molecule has 2 N–H and O–H groups in total. The largest absolute Gasteiger partial charge is 0.359 e. The van der Waals surface area contributed by atoms with Crippen LogP contribution in [0.4, 0.5) is 5.69 Å². The standard InChI is InChI=1S/C33H39N3O4/c1-20(2)23-13-15-25(16-14-23)34-30(37)27-26-17-18-33(40-26)28(27)32(39)36(19-22-11-9-21(3)10-12-22)29(33)31(38)35-24-7-5-4-6-8-24/h9-18,20,24,26-29H,4-8,19H2,1-3H3,(H,34,37)(H,35,38)/t26-,27+,28-,29+,33+/m1/s1. The number of hydrogen-bond donors (Lipinski definition) is 2. The summed E-state index contributed by atoms with van der Waals surface area (Å²) in [5.41, 5.74) is 2.78. The van der Waals surface area contributed by atoms with Gasteiger partial charge in [-0.15, -0.1) is 0 Å². The molecule has 5 atom stereocenters. The second-order valence-corrected chi connectivity index (χ2v) is 12.3. The van der Waals surface area contributed by atoms with Crippen LogP contribution in [0.25, 0.3) is 0 Å². The Balaban J connectivity index is 1.30. The number of anilines is 1. The van der Waals surface area contributed by atoms with E-state index >= 15 is 0 Å². The smallest absolute Gasteiger partial charge is 0.246 e. The summed E-state index contributed by atoms with van der Waals surface area (Å²) in [6, 6.07) is 15.1. The van der Waals surface area contributed by atoms with Crippen molar-refractivity contribution in [2.24, 2.45) is 11.8 Å². The molecule has 4 aliphatic rings. The van der Waals surface area contributed by atoms with Crippen molar-refractivity contribution >= 4 is 23.4 Å². The summed E-state index contributed by atoms with van der Waals surface area (Å²) in [6.07, 6.45) is 8.46. The van der Waals surface area contributed by atoms with Crippen molar-refractivity contribution in [3.63, 3.8) is 0 Å². The van der Waals surface area contributed by atoms with Gasteiger partial charge in [0.15, 0.2) is 0 Å². The van der Waals surface area contributed by atoms with E-state index in [4.69, 9.17) is 4.74 Å². The Hall–Kier alpha value is -3.45. The average molecular weight is 542 g/mol. The summed E-state index contributed by atoms with van der Waals surface area (Å²) < 4.78 is 6.49. The average Bonchev–Trinajstić information content (AvgIpc) is 3.58. The summed E-state index contributed by atoms with van der Waals surface area (Å²) in [5, 5.41) is 6.27. The van der Waals surface area contributed by atoms with E-state index < -0.39 is 29.6 Å². The van der Waals surface area contributed by atoms with Crippen molar-refractivity contribution in [3.05, 3.63) is 77.4 Å². The van der Waals surface area contributed by atoms with Crippen LogP contribution in [0.1, 0.15) is 68.6 Å². The van der Waals surface area contributed by atoms with Crippen LogP contribution in [0.3, 0.4) is 0 Å². The number of ether oxygens (including phenoxy) is 1. The van der Waals surface area contributed by atoms with Crippen molar-refractivity contribution in [1.29, 1.82) is 0 Å². The molecule has 6 rings (SSSR count). The second kappa shape index (κ2) is 10.5. The van der Waals surface area contributed by atoms with E-state index in [9.17, 15) is 14.4 Å². The van der Waals surface area contributed by atoms with Gasteiger partial charge in [0.05, 0.1) is 17.9 Å². The van der Waals surface area contributed by atoms with Gasteiger partial charge in [-0.1, -0.05) is 87.2 Å². The minimum atomic E-state index is -1.16. The lowest BCUT2D eigenvalue weighted by Crippen LogP contribution is -2.56. The molecular formula is C33H39N3O4. The van der Waals surface area contributed by atoms with Crippen LogP contribution >= 0.6 is 0 Å². The maximum absolute atomic E-state index is 14.2. The molecule has 210 valence electrons. The summed E-state index contributed by atoms with van der Waals surface area (Å²) in [4.78, 5) is 43.5. The van der Waals surface area contributed by atoms with E-state index in [1.165, 1.54) is 12.0 Å². The molecule has 0 radical (unpaired) electrons. The van der Waals surface area contributed by atoms with Crippen LogP contribution < -0.4 is 10.6 Å². The van der Waals surface area contributed by atoms with Gasteiger partial charge in [-0.25, -0.2) is 0 Å². The number of nitrogens with one attached hydrogen (secondary N) is 2. The Labute approximate surface area is 236 Å². The fourth-order valence-corrected chi connectivity index (χ4v) is 7.03. The molecule has 2 saturated heterocycles. The van der Waals surface area contributed by atoms with Crippen molar-refractivity contribution in [1.82, 2.24) is 10.2 Å². The molecule has 0 unspecified atom stereocenters. The van der Waals surface area contributed by atoms with E-state index in [-0.39, 0.29) is 30.3 Å². The number of hydrogen-bond acceptors (Lipinski definition) is 4. The Morgan fingerprint density at radius 3 is 2.38 bits per heavy atom. The number of likely N-dealkylation sites (tertiary alicyclic amines) is 1. The Kier molecular flexibility index (Phi) is 7.03. The maximum Gasteiger partial charge on any atom is 0.246 e. The molecule has 3 amide bonds. The van der Waals surface area contributed by atoms with Crippen molar-refractivity contribution in [2.75, 3.05) is 5.32 Å². The van der Waals surface area contributed by atoms with Gasteiger partial charge in [0, 0.05) is 18.3 Å². The number of fused-ring (bicyclic) bond motifs is 1. The van der Waals surface area contributed by atoms with Crippen LogP contribution in [0.5, 0.6) is 0 Å². The molecule has 7 heteroatoms. The monoisotopic (exact) mass is 541 g/mol. The Bertz CT molecular complexity index is 1310. The third kappa shape index (κ3) is 4.64. The third-order valence-electron chi connectivity index (χ3n) is 9.19. The molecule has 1 saturated carbocycles. The molecule has 2 aromatic rings. The van der Waals surface area contributed by atoms with Gasteiger partial charge in [0.2, 0.25) is 17.7 Å². The van der Waals surface area contributed by atoms with E-state index in [0.717, 1.165) is 36.8 Å². The van der Waals surface area contributed by atoms with Gasteiger partial charge in [0.25, 0.3) is 0 Å². The first kappa shape index (κ1) is 26.8. The Morgan fingerprint density at radius 2 is 1.70 bits per heavy atom. The van der Waals surface area contributed by atoms with Gasteiger partial charge >= 0.3 is 0 Å². The molecule has 40 heavy (non-hydrogen) atoms. The summed E-state index contributed by atoms with van der Waals surface area (Å²) >= 11 is 0. The molecule has 1 spiro atoms. The predicted octanol–water partition coefficient (Wildman–Crippen LogP) is 4.86. The van der Waals surface area contributed by atoms with Crippen LogP contribution in [0.15, 0.2) is 60.7 Å². The van der Waals surface area contributed by atoms with Gasteiger partial charge in [0.1, 0.15) is 11.6 Å². The highest BCUT2D eigenvalue weighted by Crippen LogP contribution is 2.55. The first-order valence-electron chi connectivity index (χ1n) is 14.7. The zero-order valence-electron chi connectivity index (χ0n) is 23.6. The summed E-state index contributed by atoms with van der Waals surface area (Å²) in [6.45, 7) is 6.56. The zero-order valence-corrected chi connectivity index (χ0v) is 23.6. The maximum atomic E-state index is 14.2. The van der Waals surface area contributed by atoms with Crippen LogP contribution in [-0.2, 0) is 25.7 Å². The Morgan fingerprint density at radius 1 is 1.00 bits per heavy atom. The summed E-state index contributed by atoms with van der Waals surface area (Å²) in [7, 11) is 0. The first-order valence-corrected chi connectivity index (χ1v) is 14.7. The molecule has 7 nitrogen and oxygen atoms in total. The fraction of sp³-hybridized carbons (Fsp3) is 0.485. The molecule has 1 aliphatic carbocycles. The number of amides is 3. The molecule has 0 aromatic heterocycles. The normalized spacial score (nSPS) is 29.2. The van der Waals surface area contributed by atoms with E-state index in [0.29, 0.717) is 11.6 Å². The number of nitrogens with zero attached hydrogens (tertiary/aromatic N) is 1. The molecule has 3 aliphatic heterocycles. The number of carbonyl (C=O) groups is 3. The lowest BCUT2D eigenvalue weighted by Gasteiger charge is -2.34. The van der Waals surface area contributed by atoms with E-state index in [1.54, 1.807) is 4.90 Å². The molecule has 2 aromatic carbocycles. The van der Waals surface area contributed by atoms with Gasteiger partial charge in [-0.05, 0) is 48.9 Å². The minimum Gasteiger partial charge on any atom is -0.359 e. The van der Waals surface area contributed by atoms with E-state index in [2.05, 4.69) is 24.5 Å². The first-order chi connectivity index (χ1) is 19.3. The number of benzene rings is 2. The quantitative estimate of drug-likeness (QED) is 0.491. The summed E-state index contributed by atoms with van der Waals surface area (Å²) in [5.74, 6) is -1.73. The number of aryl methyl sites for hydroxylation is 1. The number of carbonyl (C=O) groups excluding carboxylic acids is 3. The van der Waals surface area contributed by atoms with Gasteiger partial charge in [-0.2, -0.15) is 0 Å². The topological polar surface area (TPSA) is 87.7 Å². The van der Waals surface area contributed by atoms with Crippen LogP contribution in [0.2, 0.25) is 0 Å². The van der Waals surface area contributed by atoms with E-state index in [1.807, 2.05) is 67.6 Å². The molecule has 2 bridgehead atoms. The zero-order chi connectivity index (χ0) is 28.0. The fourth-order valence-electron chi connectivity index (χ4n) is 7.03. The van der Waals surface area contributed by atoms with Crippen molar-refractivity contribution < 1.29 is 19.1 Å². The highest BCUT2D eigenvalue weighted by Gasteiger charge is 2.72. The molecule has 3 heterocycles. The molecular weight excluding hydrogens is 502 g/mol. The van der Waals surface area contributed by atoms with Gasteiger partial charge in [-0.3, -0.25) is 14.4 Å². The highest BCUT2D eigenvalue weighted by molar-refractivity contribution is 6.02. The lowest BCUT2D eigenvalue weighted by atomic mass is 9.74.